The van der Waals surface area contributed by atoms with E-state index in [-0.39, 0.29) is 30.4 Å². The lowest BCUT2D eigenvalue weighted by molar-refractivity contribution is -0.146. The minimum Gasteiger partial charge on any atom is -0.494 e. The van der Waals surface area contributed by atoms with Gasteiger partial charge in [-0.2, -0.15) is 0 Å². The van der Waals surface area contributed by atoms with Crippen molar-refractivity contribution in [2.75, 3.05) is 12.8 Å². The van der Waals surface area contributed by atoms with Crippen LogP contribution in [0.15, 0.2) is 24.5 Å². The van der Waals surface area contributed by atoms with Crippen molar-refractivity contribution >= 4 is 11.9 Å². The molecule has 1 aromatic heterocycles. The average Bonchev–Trinajstić information content (AvgIpc) is 2.83. The van der Waals surface area contributed by atoms with Gasteiger partial charge in [0.1, 0.15) is 19.5 Å². The third kappa shape index (κ3) is 3.22. The quantitative estimate of drug-likeness (QED) is 0.812. The predicted molar refractivity (Wildman–Crippen MR) is 67.2 cm³/mol. The van der Waals surface area contributed by atoms with E-state index in [4.69, 9.17) is 15.2 Å². The maximum Gasteiger partial charge on any atom is 0.328 e. The first-order valence-electron chi connectivity index (χ1n) is 5.72. The topological polar surface area (TPSA) is 92.3 Å². The van der Waals surface area contributed by atoms with Gasteiger partial charge in [0.15, 0.2) is 11.6 Å². The number of methoxy groups -OCH3 is 1. The van der Waals surface area contributed by atoms with Gasteiger partial charge >= 0.3 is 5.97 Å². The van der Waals surface area contributed by atoms with E-state index < -0.39 is 11.8 Å². The summed E-state index contributed by atoms with van der Waals surface area (Å²) in [6, 6.07) is 4.61. The summed E-state index contributed by atoms with van der Waals surface area (Å²) in [5, 5.41) is 3.74. The molecule has 2 aromatic rings. The molecule has 0 fully saturated rings. The number of carbonyl (C=O) groups excluding carboxylic acids is 1. The Kier molecular flexibility index (Phi) is 4.14. The average molecular weight is 280 g/mol. The molecule has 2 N–H and O–H groups in total. The van der Waals surface area contributed by atoms with Gasteiger partial charge in [0, 0.05) is 5.56 Å². The van der Waals surface area contributed by atoms with Crippen LogP contribution in [-0.4, -0.2) is 27.8 Å². The first-order valence-corrected chi connectivity index (χ1v) is 5.72. The van der Waals surface area contributed by atoms with Crippen molar-refractivity contribution in [3.05, 3.63) is 35.9 Å². The molecule has 106 valence electrons. The van der Waals surface area contributed by atoms with E-state index in [0.29, 0.717) is 0 Å². The fourth-order valence-electron chi connectivity index (χ4n) is 1.55. The molecule has 0 aliphatic rings. The molecule has 0 unspecified atom stereocenters. The monoisotopic (exact) mass is 280 g/mol. The molecule has 0 aliphatic carbocycles. The predicted octanol–water partition coefficient (Wildman–Crippen LogP) is 0.751. The van der Waals surface area contributed by atoms with Gasteiger partial charge in [-0.1, -0.05) is 12.1 Å². The molecule has 0 aliphatic heterocycles. The Balaban J connectivity index is 1.93. The molecular formula is C12H13FN4O3. The van der Waals surface area contributed by atoms with E-state index in [1.54, 1.807) is 6.07 Å². The summed E-state index contributed by atoms with van der Waals surface area (Å²) in [5.41, 5.74) is 5.54. The Morgan fingerprint density at radius 3 is 2.95 bits per heavy atom. The zero-order chi connectivity index (χ0) is 14.5. The van der Waals surface area contributed by atoms with Crippen molar-refractivity contribution in [1.29, 1.82) is 0 Å². The largest absolute Gasteiger partial charge is 0.494 e. The van der Waals surface area contributed by atoms with Gasteiger partial charge in [0.25, 0.3) is 0 Å². The number of esters is 1. The summed E-state index contributed by atoms with van der Waals surface area (Å²) in [4.78, 5) is 15.2. The first kappa shape index (κ1) is 13.8. The molecule has 2 rings (SSSR count). The van der Waals surface area contributed by atoms with Crippen LogP contribution in [0.1, 0.15) is 5.56 Å². The zero-order valence-electron chi connectivity index (χ0n) is 10.7. The summed E-state index contributed by atoms with van der Waals surface area (Å²) in [6.45, 7) is -0.332. The van der Waals surface area contributed by atoms with Gasteiger partial charge in [0.05, 0.1) is 7.11 Å². The lowest BCUT2D eigenvalue weighted by Gasteiger charge is -2.08. The van der Waals surface area contributed by atoms with Gasteiger partial charge in [-0.3, -0.25) is 4.79 Å². The molecule has 1 aromatic carbocycles. The van der Waals surface area contributed by atoms with E-state index in [1.807, 2.05) is 0 Å². The van der Waals surface area contributed by atoms with Gasteiger partial charge in [-0.25, -0.2) is 14.1 Å². The van der Waals surface area contributed by atoms with E-state index in [9.17, 15) is 9.18 Å². The van der Waals surface area contributed by atoms with Crippen LogP contribution in [0, 0.1) is 5.82 Å². The zero-order valence-corrected chi connectivity index (χ0v) is 10.7. The highest BCUT2D eigenvalue weighted by Crippen LogP contribution is 2.20. The van der Waals surface area contributed by atoms with Crippen molar-refractivity contribution in [1.82, 2.24) is 14.8 Å². The second-order valence-corrected chi connectivity index (χ2v) is 3.89. The van der Waals surface area contributed by atoms with Crippen molar-refractivity contribution in [3.63, 3.8) is 0 Å². The molecule has 1 heterocycles. The summed E-state index contributed by atoms with van der Waals surface area (Å²) < 4.78 is 24.8. The third-order valence-electron chi connectivity index (χ3n) is 2.50. The Labute approximate surface area is 114 Å². The van der Waals surface area contributed by atoms with Gasteiger partial charge in [-0.05, 0) is 6.07 Å². The molecule has 0 saturated carbocycles. The second-order valence-electron chi connectivity index (χ2n) is 3.89. The minimum absolute atomic E-state index is 0.0663. The molecule has 0 atom stereocenters. The molecule has 20 heavy (non-hydrogen) atoms. The number of carbonyl (C=O) groups is 1. The van der Waals surface area contributed by atoms with Gasteiger partial charge < -0.3 is 15.2 Å². The molecule has 0 radical (unpaired) electrons. The highest BCUT2D eigenvalue weighted by Gasteiger charge is 2.11. The number of hydrogen-bond donors (Lipinski definition) is 1. The summed E-state index contributed by atoms with van der Waals surface area (Å²) in [7, 11) is 1.36. The van der Waals surface area contributed by atoms with Crippen LogP contribution < -0.4 is 10.5 Å². The third-order valence-corrected chi connectivity index (χ3v) is 2.50. The summed E-state index contributed by atoms with van der Waals surface area (Å²) in [5.74, 6) is -0.954. The Bertz CT molecular complexity index is 614. The lowest BCUT2D eigenvalue weighted by Crippen LogP contribution is -2.14. The summed E-state index contributed by atoms with van der Waals surface area (Å²) >= 11 is 0. The number of nitrogens with zero attached hydrogens (tertiary/aromatic N) is 3. The van der Waals surface area contributed by atoms with Crippen molar-refractivity contribution in [2.24, 2.45) is 0 Å². The number of benzene rings is 1. The lowest BCUT2D eigenvalue weighted by atomic mass is 10.2. The maximum absolute atomic E-state index is 13.8. The molecule has 0 saturated heterocycles. The van der Waals surface area contributed by atoms with Gasteiger partial charge in [-0.15, -0.1) is 5.10 Å². The van der Waals surface area contributed by atoms with Crippen LogP contribution in [-0.2, 0) is 22.7 Å². The number of hydrogen-bond acceptors (Lipinski definition) is 6. The van der Waals surface area contributed by atoms with Crippen molar-refractivity contribution in [2.45, 2.75) is 13.2 Å². The van der Waals surface area contributed by atoms with Crippen LogP contribution in [0.5, 0.6) is 5.75 Å². The fourth-order valence-corrected chi connectivity index (χ4v) is 1.55. The number of aromatic nitrogens is 3. The highest BCUT2D eigenvalue weighted by atomic mass is 19.1. The van der Waals surface area contributed by atoms with Crippen molar-refractivity contribution < 1.29 is 18.7 Å². The number of anilines is 1. The molecule has 8 heteroatoms. The SMILES string of the molecule is COc1cccc(COC(=O)Cn2cnc(N)n2)c1F. The number of nitrogens with two attached hydrogens (primary N) is 1. The standard InChI is InChI=1S/C12H13FN4O3/c1-19-9-4-2-3-8(11(9)13)6-20-10(18)5-17-7-15-12(14)16-17/h2-4,7H,5-6H2,1H3,(H2,14,16). The smallest absolute Gasteiger partial charge is 0.328 e. The maximum atomic E-state index is 13.8. The number of rotatable bonds is 5. The number of ether oxygens (including phenoxy) is 2. The summed E-state index contributed by atoms with van der Waals surface area (Å²) in [6.07, 6.45) is 1.31. The fraction of sp³-hybridized carbons (Fsp3) is 0.250. The van der Waals surface area contributed by atoms with Crippen LogP contribution in [0.25, 0.3) is 0 Å². The Morgan fingerprint density at radius 2 is 2.30 bits per heavy atom. The molecule has 7 nitrogen and oxygen atoms in total. The van der Waals surface area contributed by atoms with Crippen LogP contribution in [0.4, 0.5) is 10.3 Å². The van der Waals surface area contributed by atoms with Crippen LogP contribution >= 0.6 is 0 Å². The van der Waals surface area contributed by atoms with Crippen LogP contribution in [0.3, 0.4) is 0 Å². The number of halogens is 1. The van der Waals surface area contributed by atoms with Gasteiger partial charge in [0.2, 0.25) is 5.95 Å². The van der Waals surface area contributed by atoms with E-state index in [2.05, 4.69) is 10.1 Å². The van der Waals surface area contributed by atoms with E-state index >= 15 is 0 Å². The van der Waals surface area contributed by atoms with E-state index in [1.165, 1.54) is 30.3 Å². The van der Waals surface area contributed by atoms with E-state index in [0.717, 1.165) is 0 Å². The Morgan fingerprint density at radius 1 is 1.50 bits per heavy atom. The Hall–Kier alpha value is -2.64. The molecule has 0 spiro atoms. The molecular weight excluding hydrogens is 267 g/mol. The normalized spacial score (nSPS) is 10.3. The molecule has 0 amide bonds. The minimum atomic E-state index is -0.572. The second kappa shape index (κ2) is 6.00. The first-order chi connectivity index (χ1) is 9.60. The number of nitrogen functional groups attached to an aromatic ring is 1. The highest BCUT2D eigenvalue weighted by molar-refractivity contribution is 5.69. The van der Waals surface area contributed by atoms with Crippen molar-refractivity contribution in [3.8, 4) is 5.75 Å². The van der Waals surface area contributed by atoms with Crippen LogP contribution in [0.2, 0.25) is 0 Å². The molecule has 0 bridgehead atoms.